The van der Waals surface area contributed by atoms with Gasteiger partial charge in [-0.1, -0.05) is 36.8 Å². The number of piperidine rings is 1. The molecule has 1 aromatic carbocycles. The summed E-state index contributed by atoms with van der Waals surface area (Å²) in [5, 5.41) is 6.44. The molecule has 0 aliphatic carbocycles. The highest BCUT2D eigenvalue weighted by molar-refractivity contribution is 5.78. The first-order chi connectivity index (χ1) is 10.7. The van der Waals surface area contributed by atoms with Gasteiger partial charge in [0.15, 0.2) is 0 Å². The summed E-state index contributed by atoms with van der Waals surface area (Å²) < 4.78 is 0. The van der Waals surface area contributed by atoms with Crippen molar-refractivity contribution in [3.05, 3.63) is 35.4 Å². The quantitative estimate of drug-likeness (QED) is 0.809. The molecule has 1 aromatic rings. The summed E-state index contributed by atoms with van der Waals surface area (Å²) in [5.41, 5.74) is 2.40. The fraction of sp³-hybridized carbons (Fsp3) is 0.611. The molecule has 1 aliphatic rings. The van der Waals surface area contributed by atoms with Crippen LogP contribution in [0, 0.1) is 12.8 Å². The van der Waals surface area contributed by atoms with Crippen LogP contribution in [0.5, 0.6) is 0 Å². The zero-order chi connectivity index (χ0) is 15.8. The van der Waals surface area contributed by atoms with E-state index < -0.39 is 0 Å². The Morgan fingerprint density at radius 3 is 2.55 bits per heavy atom. The third-order valence-electron chi connectivity index (χ3n) is 4.37. The van der Waals surface area contributed by atoms with Gasteiger partial charge in [0.2, 0.25) is 5.91 Å². The number of nitrogens with one attached hydrogen (secondary N) is 2. The molecular formula is C18H29N3O. The fourth-order valence-electron chi connectivity index (χ4n) is 2.86. The van der Waals surface area contributed by atoms with Gasteiger partial charge < -0.3 is 10.6 Å². The summed E-state index contributed by atoms with van der Waals surface area (Å²) >= 11 is 0. The average Bonchev–Trinajstić information content (AvgIpc) is 2.54. The number of carbonyl (C=O) groups is 1. The lowest BCUT2D eigenvalue weighted by atomic mass is 9.97. The highest BCUT2D eigenvalue weighted by atomic mass is 16.2. The largest absolute Gasteiger partial charge is 0.351 e. The molecule has 22 heavy (non-hydrogen) atoms. The van der Waals surface area contributed by atoms with Crippen LogP contribution in [0.4, 0.5) is 0 Å². The molecule has 1 fully saturated rings. The Bertz CT molecular complexity index is 450. The maximum atomic E-state index is 12.0. The lowest BCUT2D eigenvalue weighted by molar-refractivity contribution is -0.122. The summed E-state index contributed by atoms with van der Waals surface area (Å²) in [7, 11) is 0. The van der Waals surface area contributed by atoms with Crippen LogP contribution in [0.1, 0.15) is 30.9 Å². The molecule has 0 unspecified atom stereocenters. The van der Waals surface area contributed by atoms with E-state index in [0.29, 0.717) is 13.1 Å². The number of benzene rings is 1. The first-order valence-corrected chi connectivity index (χ1v) is 8.42. The van der Waals surface area contributed by atoms with Gasteiger partial charge in [-0.25, -0.2) is 0 Å². The highest BCUT2D eigenvalue weighted by Crippen LogP contribution is 2.15. The molecule has 2 N–H and O–H groups in total. The Morgan fingerprint density at radius 1 is 1.23 bits per heavy atom. The maximum Gasteiger partial charge on any atom is 0.234 e. The topological polar surface area (TPSA) is 44.4 Å². The van der Waals surface area contributed by atoms with Crippen LogP contribution in [0.2, 0.25) is 0 Å². The third kappa shape index (κ3) is 5.78. The normalized spacial score (nSPS) is 16.6. The summed E-state index contributed by atoms with van der Waals surface area (Å²) in [6.45, 7) is 9.60. The number of aryl methyl sites for hydroxylation is 1. The third-order valence-corrected chi connectivity index (χ3v) is 4.37. The standard InChI is InChI=1S/C18H29N3O/c1-3-19-12-17-8-10-21(11-9-17)14-18(22)20-13-16-6-4-15(2)5-7-16/h4-7,17,19H,3,8-14H2,1-2H3,(H,20,22). The van der Waals surface area contributed by atoms with Gasteiger partial charge in [-0.3, -0.25) is 9.69 Å². The van der Waals surface area contributed by atoms with E-state index in [0.717, 1.165) is 37.7 Å². The van der Waals surface area contributed by atoms with E-state index in [1.54, 1.807) is 0 Å². The number of amides is 1. The van der Waals surface area contributed by atoms with Crippen LogP contribution in [0.3, 0.4) is 0 Å². The van der Waals surface area contributed by atoms with E-state index in [9.17, 15) is 4.79 Å². The number of carbonyl (C=O) groups excluding carboxylic acids is 1. The molecule has 0 aromatic heterocycles. The molecule has 0 saturated carbocycles. The second kappa shape index (κ2) is 8.91. The van der Waals surface area contributed by atoms with Crippen LogP contribution >= 0.6 is 0 Å². The van der Waals surface area contributed by atoms with Crippen LogP contribution < -0.4 is 10.6 Å². The van der Waals surface area contributed by atoms with E-state index in [1.807, 2.05) is 0 Å². The Balaban J connectivity index is 1.64. The summed E-state index contributed by atoms with van der Waals surface area (Å²) in [5.74, 6) is 0.900. The van der Waals surface area contributed by atoms with Crippen molar-refractivity contribution < 1.29 is 4.79 Å². The Kier molecular flexibility index (Phi) is 6.87. The van der Waals surface area contributed by atoms with Crippen LogP contribution in [-0.4, -0.2) is 43.5 Å². The predicted octanol–water partition coefficient (Wildman–Crippen LogP) is 1.93. The van der Waals surface area contributed by atoms with Crippen LogP contribution in [0.15, 0.2) is 24.3 Å². The smallest absolute Gasteiger partial charge is 0.234 e. The lowest BCUT2D eigenvalue weighted by Crippen LogP contribution is -2.42. The number of likely N-dealkylation sites (tertiary alicyclic amines) is 1. The van der Waals surface area contributed by atoms with Crippen molar-refractivity contribution in [2.24, 2.45) is 5.92 Å². The molecule has 0 spiro atoms. The zero-order valence-corrected chi connectivity index (χ0v) is 13.9. The minimum atomic E-state index is 0.130. The summed E-state index contributed by atoms with van der Waals surface area (Å²) in [6.07, 6.45) is 2.39. The molecule has 0 atom stereocenters. The minimum Gasteiger partial charge on any atom is -0.351 e. The number of rotatable bonds is 7. The Morgan fingerprint density at radius 2 is 1.91 bits per heavy atom. The molecule has 1 aliphatic heterocycles. The molecular weight excluding hydrogens is 274 g/mol. The van der Waals surface area contributed by atoms with Crippen molar-refractivity contribution in [1.29, 1.82) is 0 Å². The Hall–Kier alpha value is -1.39. The number of hydrogen-bond acceptors (Lipinski definition) is 3. The van der Waals surface area contributed by atoms with Gasteiger partial charge in [0.05, 0.1) is 6.54 Å². The van der Waals surface area contributed by atoms with Crippen molar-refractivity contribution in [3.8, 4) is 0 Å². The SMILES string of the molecule is CCNCC1CCN(CC(=O)NCc2ccc(C)cc2)CC1. The van der Waals surface area contributed by atoms with Gasteiger partial charge in [-0.15, -0.1) is 0 Å². The van der Waals surface area contributed by atoms with E-state index in [4.69, 9.17) is 0 Å². The van der Waals surface area contributed by atoms with E-state index >= 15 is 0 Å². The van der Waals surface area contributed by atoms with Crippen molar-refractivity contribution in [3.63, 3.8) is 0 Å². The molecule has 2 rings (SSSR count). The van der Waals surface area contributed by atoms with Crippen molar-refractivity contribution in [1.82, 2.24) is 15.5 Å². The van der Waals surface area contributed by atoms with Gasteiger partial charge in [-0.05, 0) is 57.4 Å². The molecule has 1 amide bonds. The predicted molar refractivity (Wildman–Crippen MR) is 90.7 cm³/mol. The van der Waals surface area contributed by atoms with Crippen molar-refractivity contribution in [2.45, 2.75) is 33.2 Å². The first-order valence-electron chi connectivity index (χ1n) is 8.42. The zero-order valence-electron chi connectivity index (χ0n) is 13.9. The molecule has 4 nitrogen and oxygen atoms in total. The molecule has 1 heterocycles. The van der Waals surface area contributed by atoms with Gasteiger partial charge in [0.25, 0.3) is 0 Å². The number of hydrogen-bond donors (Lipinski definition) is 2. The van der Waals surface area contributed by atoms with E-state index in [-0.39, 0.29) is 5.91 Å². The minimum absolute atomic E-state index is 0.130. The molecule has 0 bridgehead atoms. The van der Waals surface area contributed by atoms with Crippen molar-refractivity contribution in [2.75, 3.05) is 32.7 Å². The summed E-state index contributed by atoms with van der Waals surface area (Å²) in [6, 6.07) is 8.30. The van der Waals surface area contributed by atoms with Crippen LogP contribution in [-0.2, 0) is 11.3 Å². The molecule has 4 heteroatoms. The second-order valence-corrected chi connectivity index (χ2v) is 6.29. The van der Waals surface area contributed by atoms with Gasteiger partial charge in [-0.2, -0.15) is 0 Å². The fourth-order valence-corrected chi connectivity index (χ4v) is 2.86. The Labute approximate surface area is 134 Å². The molecule has 0 radical (unpaired) electrons. The second-order valence-electron chi connectivity index (χ2n) is 6.29. The monoisotopic (exact) mass is 303 g/mol. The highest BCUT2D eigenvalue weighted by Gasteiger charge is 2.20. The lowest BCUT2D eigenvalue weighted by Gasteiger charge is -2.31. The summed E-state index contributed by atoms with van der Waals surface area (Å²) in [4.78, 5) is 14.3. The van der Waals surface area contributed by atoms with Crippen LogP contribution in [0.25, 0.3) is 0 Å². The van der Waals surface area contributed by atoms with E-state index in [2.05, 4.69) is 53.6 Å². The van der Waals surface area contributed by atoms with Gasteiger partial charge >= 0.3 is 0 Å². The number of nitrogens with zero attached hydrogens (tertiary/aromatic N) is 1. The average molecular weight is 303 g/mol. The van der Waals surface area contributed by atoms with E-state index in [1.165, 1.54) is 18.4 Å². The molecule has 1 saturated heterocycles. The van der Waals surface area contributed by atoms with Gasteiger partial charge in [0, 0.05) is 6.54 Å². The van der Waals surface area contributed by atoms with Crippen molar-refractivity contribution >= 4 is 5.91 Å². The molecule has 122 valence electrons. The first kappa shape index (κ1) is 17.0. The maximum absolute atomic E-state index is 12.0. The van der Waals surface area contributed by atoms with Gasteiger partial charge in [0.1, 0.15) is 0 Å².